The molecule has 0 amide bonds. The number of rotatable bonds is 9. The fourth-order valence-electron chi connectivity index (χ4n) is 4.84. The predicted molar refractivity (Wildman–Crippen MR) is 173 cm³/mol. The van der Waals surface area contributed by atoms with E-state index in [1.165, 1.54) is 15.9 Å². The van der Waals surface area contributed by atoms with Crippen LogP contribution in [0.4, 0.5) is 0 Å². The summed E-state index contributed by atoms with van der Waals surface area (Å²) in [6, 6.07) is 19.2. The molecule has 1 atom stereocenters. The van der Waals surface area contributed by atoms with Gasteiger partial charge in [-0.25, -0.2) is 9.79 Å². The van der Waals surface area contributed by atoms with Gasteiger partial charge in [-0.3, -0.25) is 9.36 Å². The van der Waals surface area contributed by atoms with Crippen molar-refractivity contribution in [2.24, 2.45) is 4.99 Å². The van der Waals surface area contributed by atoms with Crippen LogP contribution in [0.3, 0.4) is 0 Å². The van der Waals surface area contributed by atoms with E-state index in [0.29, 0.717) is 59.3 Å². The van der Waals surface area contributed by atoms with E-state index in [2.05, 4.69) is 27.0 Å². The second-order valence-corrected chi connectivity index (χ2v) is 12.0. The van der Waals surface area contributed by atoms with Crippen LogP contribution in [0.25, 0.3) is 6.08 Å². The third kappa shape index (κ3) is 6.36. The zero-order chi connectivity index (χ0) is 31.4. The minimum absolute atomic E-state index is 0.180. The number of aromatic nitrogens is 1. The summed E-state index contributed by atoms with van der Waals surface area (Å²) in [5.74, 6) is 0.474. The lowest BCUT2D eigenvalue weighted by molar-refractivity contribution is -0.139. The van der Waals surface area contributed by atoms with Crippen LogP contribution in [0, 0.1) is 11.3 Å². The van der Waals surface area contributed by atoms with Gasteiger partial charge in [-0.1, -0.05) is 53.3 Å². The Balaban J connectivity index is 1.57. The molecule has 0 N–H and O–H groups in total. The molecule has 1 aliphatic heterocycles. The third-order valence-corrected chi connectivity index (χ3v) is 8.73. The largest absolute Gasteiger partial charge is 0.490 e. The van der Waals surface area contributed by atoms with Crippen molar-refractivity contribution >= 4 is 50.9 Å². The molecule has 0 saturated carbocycles. The molecule has 0 unspecified atom stereocenters. The van der Waals surface area contributed by atoms with E-state index in [0.717, 1.165) is 5.56 Å². The summed E-state index contributed by atoms with van der Waals surface area (Å²) >= 11 is 11.4. The van der Waals surface area contributed by atoms with Crippen molar-refractivity contribution in [1.82, 2.24) is 4.57 Å². The number of carbonyl (C=O) groups excluding carboxylic acids is 1. The first kappa shape index (κ1) is 31.3. The molecular formula is C33H27BrClN3O5S. The number of hydrogen-bond donors (Lipinski definition) is 0. The first-order valence-electron chi connectivity index (χ1n) is 13.8. The number of ether oxygens (including phenoxy) is 3. The summed E-state index contributed by atoms with van der Waals surface area (Å²) in [5, 5.41) is 9.47. The minimum Gasteiger partial charge on any atom is -0.490 e. The molecule has 4 aromatic rings. The molecule has 0 bridgehead atoms. The van der Waals surface area contributed by atoms with Crippen molar-refractivity contribution in [3.63, 3.8) is 0 Å². The van der Waals surface area contributed by atoms with Gasteiger partial charge in [-0.05, 0) is 89.8 Å². The van der Waals surface area contributed by atoms with Crippen LogP contribution in [-0.2, 0) is 16.1 Å². The zero-order valence-corrected chi connectivity index (χ0v) is 27.3. The van der Waals surface area contributed by atoms with E-state index in [1.807, 2.05) is 31.2 Å². The summed E-state index contributed by atoms with van der Waals surface area (Å²) in [4.78, 5) is 32.2. The highest BCUT2D eigenvalue weighted by molar-refractivity contribution is 9.10. The molecular weight excluding hydrogens is 666 g/mol. The van der Waals surface area contributed by atoms with Crippen LogP contribution >= 0.6 is 38.9 Å². The molecule has 0 aliphatic carbocycles. The lowest BCUT2D eigenvalue weighted by Gasteiger charge is -2.25. The quantitative estimate of drug-likeness (QED) is 0.198. The van der Waals surface area contributed by atoms with E-state index in [9.17, 15) is 9.59 Å². The number of allylic oxidation sites excluding steroid dienone is 1. The van der Waals surface area contributed by atoms with Gasteiger partial charge in [-0.15, -0.1) is 0 Å². The molecule has 8 nitrogen and oxygen atoms in total. The van der Waals surface area contributed by atoms with Crippen molar-refractivity contribution in [2.75, 3.05) is 13.2 Å². The molecule has 0 saturated heterocycles. The van der Waals surface area contributed by atoms with Gasteiger partial charge in [-0.2, -0.15) is 5.26 Å². The maximum absolute atomic E-state index is 14.0. The summed E-state index contributed by atoms with van der Waals surface area (Å²) in [5.41, 5.74) is 3.19. The van der Waals surface area contributed by atoms with Crippen LogP contribution in [0.2, 0.25) is 5.02 Å². The van der Waals surface area contributed by atoms with Crippen molar-refractivity contribution in [3.8, 4) is 17.6 Å². The molecule has 1 aromatic heterocycles. The van der Waals surface area contributed by atoms with Gasteiger partial charge in [0.2, 0.25) is 0 Å². The van der Waals surface area contributed by atoms with E-state index < -0.39 is 12.0 Å². The Morgan fingerprint density at radius 1 is 1.14 bits per heavy atom. The molecule has 2 heterocycles. The van der Waals surface area contributed by atoms with Gasteiger partial charge in [0.15, 0.2) is 16.3 Å². The Hall–Kier alpha value is -4.17. The van der Waals surface area contributed by atoms with Crippen LogP contribution in [0.15, 0.2) is 86.2 Å². The van der Waals surface area contributed by atoms with Gasteiger partial charge in [0, 0.05) is 5.02 Å². The Morgan fingerprint density at radius 3 is 2.57 bits per heavy atom. The van der Waals surface area contributed by atoms with E-state index in [1.54, 1.807) is 56.3 Å². The first-order chi connectivity index (χ1) is 21.2. The van der Waals surface area contributed by atoms with Gasteiger partial charge < -0.3 is 14.2 Å². The second-order valence-electron chi connectivity index (χ2n) is 9.68. The molecule has 224 valence electrons. The van der Waals surface area contributed by atoms with E-state index >= 15 is 0 Å². The highest BCUT2D eigenvalue weighted by atomic mass is 79.9. The number of benzene rings is 3. The summed E-state index contributed by atoms with van der Waals surface area (Å²) in [6.07, 6.45) is 1.76. The number of nitriles is 1. The summed E-state index contributed by atoms with van der Waals surface area (Å²) < 4.78 is 19.9. The Labute approximate surface area is 271 Å². The van der Waals surface area contributed by atoms with E-state index in [4.69, 9.17) is 31.1 Å². The second kappa shape index (κ2) is 13.6. The highest BCUT2D eigenvalue weighted by Gasteiger charge is 2.34. The average Bonchev–Trinajstić information content (AvgIpc) is 3.30. The number of halogens is 2. The van der Waals surface area contributed by atoms with Gasteiger partial charge in [0.25, 0.3) is 5.56 Å². The van der Waals surface area contributed by atoms with Gasteiger partial charge in [0.05, 0.1) is 45.1 Å². The number of thiazole rings is 1. The number of hydrogen-bond acceptors (Lipinski definition) is 8. The molecule has 1 aliphatic rings. The lowest BCUT2D eigenvalue weighted by Crippen LogP contribution is -2.40. The standard InChI is InChI=1S/C33H27BrClN3O5S/c1-4-41-26-15-22(14-24(34)30(26)43-18-21-12-10-20(17-36)11-13-21)16-27-31(39)38-29(23-8-6-7-9-25(23)35)28(32(40)42-5-2)19(3)37-33(38)44-27/h6-16,29H,4-5,18H2,1-3H3/b27-16-/t29-/m0/s1. The minimum atomic E-state index is -0.801. The molecule has 44 heavy (non-hydrogen) atoms. The number of fused-ring (bicyclic) bond motifs is 1. The maximum atomic E-state index is 14.0. The van der Waals surface area contributed by atoms with Crippen LogP contribution in [0.1, 0.15) is 49.1 Å². The van der Waals surface area contributed by atoms with Crippen molar-refractivity contribution in [2.45, 2.75) is 33.4 Å². The number of carbonyl (C=O) groups is 1. The molecule has 0 radical (unpaired) electrons. The lowest BCUT2D eigenvalue weighted by atomic mass is 9.96. The van der Waals surface area contributed by atoms with Crippen molar-refractivity contribution < 1.29 is 19.0 Å². The van der Waals surface area contributed by atoms with Crippen LogP contribution < -0.4 is 24.4 Å². The molecule has 0 spiro atoms. The molecule has 11 heteroatoms. The SMILES string of the molecule is CCOC(=O)C1=C(C)N=c2s/c(=C\c3cc(Br)c(OCc4ccc(C#N)cc4)c(OCC)c3)c(=O)n2[C@H]1c1ccccc1Cl. The number of nitrogens with zero attached hydrogens (tertiary/aromatic N) is 3. The first-order valence-corrected chi connectivity index (χ1v) is 15.8. The monoisotopic (exact) mass is 691 g/mol. The fraction of sp³-hybridized carbons (Fsp3) is 0.212. The van der Waals surface area contributed by atoms with Crippen LogP contribution in [0.5, 0.6) is 11.5 Å². The summed E-state index contributed by atoms with van der Waals surface area (Å²) in [6.45, 7) is 6.19. The van der Waals surface area contributed by atoms with E-state index in [-0.39, 0.29) is 24.3 Å². The topological polar surface area (TPSA) is 103 Å². The van der Waals surface area contributed by atoms with Gasteiger partial charge >= 0.3 is 5.97 Å². The number of esters is 1. The molecule has 5 rings (SSSR count). The smallest absolute Gasteiger partial charge is 0.338 e. The average molecular weight is 693 g/mol. The Bertz CT molecular complexity index is 1990. The normalized spacial score (nSPS) is 14.5. The van der Waals surface area contributed by atoms with Crippen molar-refractivity contribution in [3.05, 3.63) is 123 Å². The van der Waals surface area contributed by atoms with Crippen LogP contribution in [-0.4, -0.2) is 23.8 Å². The predicted octanol–water partition coefficient (Wildman–Crippen LogP) is 6.06. The Kier molecular flexibility index (Phi) is 9.69. The molecule has 0 fully saturated rings. The summed E-state index contributed by atoms with van der Waals surface area (Å²) in [7, 11) is 0. The zero-order valence-electron chi connectivity index (χ0n) is 24.1. The molecule has 3 aromatic carbocycles. The fourth-order valence-corrected chi connectivity index (χ4v) is 6.70. The third-order valence-electron chi connectivity index (χ3n) is 6.81. The Morgan fingerprint density at radius 2 is 1.89 bits per heavy atom. The van der Waals surface area contributed by atoms with Crippen molar-refractivity contribution in [1.29, 1.82) is 5.26 Å². The maximum Gasteiger partial charge on any atom is 0.338 e. The van der Waals surface area contributed by atoms with Gasteiger partial charge in [0.1, 0.15) is 12.6 Å². The highest BCUT2D eigenvalue weighted by Crippen LogP contribution is 2.38.